The minimum Gasteiger partial charge on any atom is -0.396 e. The first-order valence-corrected chi connectivity index (χ1v) is 8.27. The van der Waals surface area contributed by atoms with Crippen LogP contribution in [0.1, 0.15) is 32.3 Å². The Hall–Kier alpha value is -0.580. The fraction of sp³-hybridized carbons (Fsp3) is 0.625. The second-order valence-corrected chi connectivity index (χ2v) is 6.79. The SMILES string of the molecule is CC(C)NCc1ccc(N2CCC(CCO)C2)c(Br)c1. The standard InChI is InChI=1S/C16H25BrN2O/c1-12(2)18-10-14-3-4-16(15(17)9-14)19-7-5-13(11-19)6-8-20/h3-4,9,12-13,18,20H,5-8,10-11H2,1-2H3. The topological polar surface area (TPSA) is 35.5 Å². The fourth-order valence-electron chi connectivity index (χ4n) is 2.71. The predicted octanol–water partition coefficient (Wildman–Crippen LogP) is 3.16. The lowest BCUT2D eigenvalue weighted by Crippen LogP contribution is -2.22. The van der Waals surface area contributed by atoms with Crippen molar-refractivity contribution in [2.24, 2.45) is 5.92 Å². The lowest BCUT2D eigenvalue weighted by Gasteiger charge is -2.21. The van der Waals surface area contributed by atoms with Crippen LogP contribution in [-0.4, -0.2) is 30.8 Å². The van der Waals surface area contributed by atoms with E-state index in [4.69, 9.17) is 5.11 Å². The van der Waals surface area contributed by atoms with Crippen LogP contribution in [0.4, 0.5) is 5.69 Å². The first-order chi connectivity index (χ1) is 9.60. The van der Waals surface area contributed by atoms with E-state index in [2.05, 4.69) is 58.2 Å². The molecule has 1 fully saturated rings. The van der Waals surface area contributed by atoms with Gasteiger partial charge in [0.05, 0.1) is 5.69 Å². The monoisotopic (exact) mass is 340 g/mol. The van der Waals surface area contributed by atoms with Gasteiger partial charge in [-0.3, -0.25) is 0 Å². The first-order valence-electron chi connectivity index (χ1n) is 7.47. The molecule has 0 aliphatic carbocycles. The molecule has 1 unspecified atom stereocenters. The summed E-state index contributed by atoms with van der Waals surface area (Å²) in [5, 5.41) is 12.5. The van der Waals surface area contributed by atoms with E-state index in [1.165, 1.54) is 22.1 Å². The Morgan fingerprint density at radius 2 is 2.25 bits per heavy atom. The third-order valence-corrected chi connectivity index (χ3v) is 4.53. The molecule has 0 saturated carbocycles. The molecule has 0 aromatic heterocycles. The molecule has 1 aromatic rings. The van der Waals surface area contributed by atoms with Crippen LogP contribution in [-0.2, 0) is 6.54 Å². The van der Waals surface area contributed by atoms with Crippen molar-refractivity contribution in [3.05, 3.63) is 28.2 Å². The van der Waals surface area contributed by atoms with Crippen LogP contribution in [0.15, 0.2) is 22.7 Å². The summed E-state index contributed by atoms with van der Waals surface area (Å²) in [7, 11) is 0. The Labute approximate surface area is 130 Å². The maximum absolute atomic E-state index is 9.04. The van der Waals surface area contributed by atoms with Crippen molar-refractivity contribution in [2.45, 2.75) is 39.3 Å². The molecule has 112 valence electrons. The molecule has 2 N–H and O–H groups in total. The van der Waals surface area contributed by atoms with E-state index in [-0.39, 0.29) is 0 Å². The van der Waals surface area contributed by atoms with E-state index >= 15 is 0 Å². The molecule has 0 amide bonds. The summed E-state index contributed by atoms with van der Waals surface area (Å²) in [6.07, 6.45) is 2.11. The average molecular weight is 341 g/mol. The zero-order valence-corrected chi connectivity index (χ0v) is 14.0. The molecule has 20 heavy (non-hydrogen) atoms. The van der Waals surface area contributed by atoms with Crippen molar-refractivity contribution < 1.29 is 5.11 Å². The highest BCUT2D eigenvalue weighted by Gasteiger charge is 2.23. The minimum absolute atomic E-state index is 0.305. The van der Waals surface area contributed by atoms with Gasteiger partial charge in [-0.15, -0.1) is 0 Å². The third-order valence-electron chi connectivity index (χ3n) is 3.89. The predicted molar refractivity (Wildman–Crippen MR) is 88.1 cm³/mol. The van der Waals surface area contributed by atoms with E-state index in [0.29, 0.717) is 18.6 Å². The Kier molecular flexibility index (Phi) is 5.87. The Bertz CT molecular complexity index is 436. The maximum atomic E-state index is 9.04. The Morgan fingerprint density at radius 1 is 1.45 bits per heavy atom. The third kappa shape index (κ3) is 4.21. The number of nitrogens with one attached hydrogen (secondary N) is 1. The molecule has 1 aliphatic rings. The number of hydrogen-bond donors (Lipinski definition) is 2. The van der Waals surface area contributed by atoms with Crippen molar-refractivity contribution >= 4 is 21.6 Å². The van der Waals surface area contributed by atoms with Crippen molar-refractivity contribution in [1.29, 1.82) is 0 Å². The second-order valence-electron chi connectivity index (χ2n) is 5.93. The molecule has 1 aromatic carbocycles. The molecular weight excluding hydrogens is 316 g/mol. The Balaban J connectivity index is 1.99. The van der Waals surface area contributed by atoms with Gasteiger partial charge in [-0.2, -0.15) is 0 Å². The summed E-state index contributed by atoms with van der Waals surface area (Å²) >= 11 is 3.70. The number of aliphatic hydroxyl groups excluding tert-OH is 1. The number of hydrogen-bond acceptors (Lipinski definition) is 3. The molecule has 1 aliphatic heterocycles. The highest BCUT2D eigenvalue weighted by atomic mass is 79.9. The highest BCUT2D eigenvalue weighted by molar-refractivity contribution is 9.10. The molecule has 0 spiro atoms. The van der Waals surface area contributed by atoms with E-state index in [1.807, 2.05) is 0 Å². The van der Waals surface area contributed by atoms with Gasteiger partial charge in [0, 0.05) is 36.8 Å². The lowest BCUT2D eigenvalue weighted by atomic mass is 10.1. The van der Waals surface area contributed by atoms with Crippen LogP contribution in [0.2, 0.25) is 0 Å². The normalized spacial score (nSPS) is 19.1. The summed E-state index contributed by atoms with van der Waals surface area (Å²) in [6, 6.07) is 7.13. The number of benzene rings is 1. The summed E-state index contributed by atoms with van der Waals surface area (Å²) in [5.41, 5.74) is 2.58. The molecule has 1 saturated heterocycles. The first kappa shape index (κ1) is 15.8. The van der Waals surface area contributed by atoms with Crippen LogP contribution in [0.5, 0.6) is 0 Å². The van der Waals surface area contributed by atoms with Gasteiger partial charge in [0.2, 0.25) is 0 Å². The molecule has 1 atom stereocenters. The summed E-state index contributed by atoms with van der Waals surface area (Å²) < 4.78 is 1.17. The van der Waals surface area contributed by atoms with Gasteiger partial charge in [0.25, 0.3) is 0 Å². The van der Waals surface area contributed by atoms with Crippen LogP contribution in [0.3, 0.4) is 0 Å². The fourth-order valence-corrected chi connectivity index (χ4v) is 3.39. The number of anilines is 1. The van der Waals surface area contributed by atoms with Crippen LogP contribution < -0.4 is 10.2 Å². The van der Waals surface area contributed by atoms with Gasteiger partial charge in [0.1, 0.15) is 0 Å². The smallest absolute Gasteiger partial charge is 0.0510 e. The molecule has 4 heteroatoms. The number of halogens is 1. The molecular formula is C16H25BrN2O. The zero-order valence-electron chi connectivity index (χ0n) is 12.4. The second kappa shape index (κ2) is 7.43. The maximum Gasteiger partial charge on any atom is 0.0510 e. The largest absolute Gasteiger partial charge is 0.396 e. The van der Waals surface area contributed by atoms with Gasteiger partial charge in [-0.25, -0.2) is 0 Å². The van der Waals surface area contributed by atoms with Gasteiger partial charge in [-0.05, 0) is 52.4 Å². The minimum atomic E-state index is 0.305. The van der Waals surface area contributed by atoms with Crippen LogP contribution in [0.25, 0.3) is 0 Å². The number of aliphatic hydroxyl groups is 1. The van der Waals surface area contributed by atoms with Gasteiger partial charge in [0.15, 0.2) is 0 Å². The molecule has 0 bridgehead atoms. The van der Waals surface area contributed by atoms with E-state index in [9.17, 15) is 0 Å². The average Bonchev–Trinajstić information content (AvgIpc) is 2.85. The van der Waals surface area contributed by atoms with Gasteiger partial charge >= 0.3 is 0 Å². The summed E-state index contributed by atoms with van der Waals surface area (Å²) in [5.74, 6) is 0.634. The van der Waals surface area contributed by atoms with Crippen LogP contribution >= 0.6 is 15.9 Å². The lowest BCUT2D eigenvalue weighted by molar-refractivity contribution is 0.263. The van der Waals surface area contributed by atoms with Crippen LogP contribution in [0, 0.1) is 5.92 Å². The van der Waals surface area contributed by atoms with E-state index in [0.717, 1.165) is 26.1 Å². The molecule has 1 heterocycles. The zero-order chi connectivity index (χ0) is 14.5. The van der Waals surface area contributed by atoms with Crippen molar-refractivity contribution in [1.82, 2.24) is 5.32 Å². The van der Waals surface area contributed by atoms with Crippen molar-refractivity contribution in [3.8, 4) is 0 Å². The van der Waals surface area contributed by atoms with Gasteiger partial charge in [-0.1, -0.05) is 19.9 Å². The molecule has 0 radical (unpaired) electrons. The summed E-state index contributed by atoms with van der Waals surface area (Å²) in [6.45, 7) is 7.68. The van der Waals surface area contributed by atoms with Gasteiger partial charge < -0.3 is 15.3 Å². The Morgan fingerprint density at radius 3 is 2.90 bits per heavy atom. The molecule has 2 rings (SSSR count). The summed E-state index contributed by atoms with van der Waals surface area (Å²) in [4.78, 5) is 2.42. The quantitative estimate of drug-likeness (QED) is 0.834. The van der Waals surface area contributed by atoms with Crippen molar-refractivity contribution in [2.75, 3.05) is 24.6 Å². The number of nitrogens with zero attached hydrogens (tertiary/aromatic N) is 1. The van der Waals surface area contributed by atoms with E-state index < -0.39 is 0 Å². The van der Waals surface area contributed by atoms with Crippen molar-refractivity contribution in [3.63, 3.8) is 0 Å². The van der Waals surface area contributed by atoms with E-state index in [1.54, 1.807) is 0 Å². The highest BCUT2D eigenvalue weighted by Crippen LogP contribution is 2.32. The number of rotatable bonds is 6. The molecule has 3 nitrogen and oxygen atoms in total.